The van der Waals surface area contributed by atoms with E-state index >= 15 is 0 Å². The molecule has 2 fully saturated rings. The van der Waals surface area contributed by atoms with Gasteiger partial charge in [-0.3, -0.25) is 14.9 Å². The zero-order chi connectivity index (χ0) is 17.6. The van der Waals surface area contributed by atoms with Gasteiger partial charge in [-0.15, -0.1) is 0 Å². The molecule has 1 saturated carbocycles. The number of fused-ring (bicyclic) bond motifs is 1. The average Bonchev–Trinajstić information content (AvgIpc) is 2.58. The van der Waals surface area contributed by atoms with Crippen LogP contribution in [0.5, 0.6) is 0 Å². The molecule has 2 aliphatic heterocycles. The molecule has 0 aromatic heterocycles. The largest absolute Gasteiger partial charge is 0.306 e. The topological polar surface area (TPSA) is 55.8 Å². The van der Waals surface area contributed by atoms with Gasteiger partial charge in [0.2, 0.25) is 0 Å². The molecule has 0 atom stereocenters. The summed E-state index contributed by atoms with van der Waals surface area (Å²) in [5, 5.41) is 8.74. The van der Waals surface area contributed by atoms with E-state index in [0.717, 1.165) is 18.5 Å². The Morgan fingerprint density at radius 1 is 1.36 bits per heavy atom. The Kier molecular flexibility index (Phi) is 4.30. The third-order valence-electron chi connectivity index (χ3n) is 6.39. The molecule has 4 rings (SSSR count). The van der Waals surface area contributed by atoms with Crippen LogP contribution in [-0.4, -0.2) is 53.6 Å². The Bertz CT molecular complexity index is 687. The first-order valence-corrected chi connectivity index (χ1v) is 9.18. The van der Waals surface area contributed by atoms with Crippen LogP contribution < -0.4 is 5.48 Å². The van der Waals surface area contributed by atoms with E-state index in [-0.39, 0.29) is 11.4 Å². The fraction of sp³-hybridized carbons (Fsp3) is 0.632. The van der Waals surface area contributed by atoms with Gasteiger partial charge in [-0.05, 0) is 68.8 Å². The van der Waals surface area contributed by atoms with Crippen molar-refractivity contribution in [2.24, 2.45) is 5.41 Å². The highest BCUT2D eigenvalue weighted by atomic mass is 19.1. The molecule has 6 heteroatoms. The predicted octanol–water partition coefficient (Wildman–Crippen LogP) is 2.18. The fourth-order valence-electron chi connectivity index (χ4n) is 5.13. The Labute approximate surface area is 147 Å². The van der Waals surface area contributed by atoms with Gasteiger partial charge in [0.25, 0.3) is 5.91 Å². The van der Waals surface area contributed by atoms with Crippen LogP contribution in [0.15, 0.2) is 12.1 Å². The first-order chi connectivity index (χ1) is 12.0. The van der Waals surface area contributed by atoms with Crippen molar-refractivity contribution >= 4 is 5.91 Å². The summed E-state index contributed by atoms with van der Waals surface area (Å²) < 4.78 is 14.5. The second-order valence-corrected chi connectivity index (χ2v) is 8.16. The van der Waals surface area contributed by atoms with Gasteiger partial charge in [0.1, 0.15) is 5.82 Å². The molecule has 1 aromatic rings. The maximum Gasteiger partial charge on any atom is 0.274 e. The number of amides is 1. The lowest BCUT2D eigenvalue weighted by Crippen LogP contribution is -2.57. The van der Waals surface area contributed by atoms with E-state index in [1.54, 1.807) is 11.5 Å². The lowest BCUT2D eigenvalue weighted by molar-refractivity contribution is -0.0491. The molecule has 1 saturated heterocycles. The maximum atomic E-state index is 14.5. The summed E-state index contributed by atoms with van der Waals surface area (Å²) in [6, 6.07) is 3.49. The van der Waals surface area contributed by atoms with Gasteiger partial charge in [0.15, 0.2) is 0 Å². The van der Waals surface area contributed by atoms with Crippen LogP contribution in [0, 0.1) is 11.2 Å². The Morgan fingerprint density at radius 3 is 2.88 bits per heavy atom. The third-order valence-corrected chi connectivity index (χ3v) is 6.39. The molecular weight excluding hydrogens is 321 g/mol. The second-order valence-electron chi connectivity index (χ2n) is 8.16. The Hall–Kier alpha value is -1.50. The summed E-state index contributed by atoms with van der Waals surface area (Å²) in [6.45, 7) is 3.94. The molecule has 1 amide bonds. The summed E-state index contributed by atoms with van der Waals surface area (Å²) in [6.07, 6.45) is 5.81. The van der Waals surface area contributed by atoms with Crippen molar-refractivity contribution in [1.29, 1.82) is 0 Å². The highest BCUT2D eigenvalue weighted by molar-refractivity contribution is 5.93. The molecule has 2 N–H and O–H groups in total. The Balaban J connectivity index is 1.45. The van der Waals surface area contributed by atoms with E-state index in [9.17, 15) is 9.18 Å². The quantitative estimate of drug-likeness (QED) is 0.636. The van der Waals surface area contributed by atoms with Crippen LogP contribution in [0.25, 0.3) is 0 Å². The molecule has 0 bridgehead atoms. The average molecular weight is 347 g/mol. The minimum atomic E-state index is -0.661. The molecule has 1 aromatic carbocycles. The van der Waals surface area contributed by atoms with Gasteiger partial charge >= 0.3 is 0 Å². The van der Waals surface area contributed by atoms with Crippen molar-refractivity contribution in [3.63, 3.8) is 0 Å². The van der Waals surface area contributed by atoms with E-state index in [4.69, 9.17) is 5.21 Å². The monoisotopic (exact) mass is 347 g/mol. The van der Waals surface area contributed by atoms with Crippen LogP contribution >= 0.6 is 0 Å². The molecule has 136 valence electrons. The lowest BCUT2D eigenvalue weighted by atomic mass is 9.61. The van der Waals surface area contributed by atoms with E-state index < -0.39 is 5.91 Å². The predicted molar refractivity (Wildman–Crippen MR) is 92.0 cm³/mol. The number of nitrogens with zero attached hydrogens (tertiary/aromatic N) is 2. The van der Waals surface area contributed by atoms with Gasteiger partial charge in [0, 0.05) is 36.8 Å². The first kappa shape index (κ1) is 16.9. The van der Waals surface area contributed by atoms with E-state index in [1.165, 1.54) is 44.8 Å². The molecule has 1 aliphatic carbocycles. The Morgan fingerprint density at radius 2 is 2.16 bits per heavy atom. The summed E-state index contributed by atoms with van der Waals surface area (Å²) >= 11 is 0. The van der Waals surface area contributed by atoms with Crippen molar-refractivity contribution < 1.29 is 14.4 Å². The van der Waals surface area contributed by atoms with Gasteiger partial charge in [-0.2, -0.15) is 0 Å². The van der Waals surface area contributed by atoms with E-state index in [1.807, 2.05) is 0 Å². The first-order valence-electron chi connectivity index (χ1n) is 9.18. The highest BCUT2D eigenvalue weighted by Gasteiger charge is 2.48. The van der Waals surface area contributed by atoms with Crippen LogP contribution in [0.1, 0.15) is 47.2 Å². The van der Waals surface area contributed by atoms with Crippen LogP contribution in [0.2, 0.25) is 0 Å². The number of hydroxylamine groups is 1. The number of hydrogen-bond donors (Lipinski definition) is 2. The number of nitrogens with one attached hydrogen (secondary N) is 1. The number of likely N-dealkylation sites (tertiary alicyclic amines) is 1. The number of halogens is 1. The number of carbonyl (C=O) groups is 1. The normalized spacial score (nSPS) is 30.0. The highest BCUT2D eigenvalue weighted by Crippen LogP contribution is 2.50. The number of carbonyl (C=O) groups excluding carboxylic acids is 1. The third kappa shape index (κ3) is 3.07. The maximum absolute atomic E-state index is 14.5. The van der Waals surface area contributed by atoms with Crippen LogP contribution in [0.4, 0.5) is 4.39 Å². The van der Waals surface area contributed by atoms with Gasteiger partial charge in [-0.1, -0.05) is 0 Å². The van der Waals surface area contributed by atoms with Crippen molar-refractivity contribution in [3.05, 3.63) is 34.6 Å². The van der Waals surface area contributed by atoms with Crippen LogP contribution in [0.3, 0.4) is 0 Å². The molecule has 5 nitrogen and oxygen atoms in total. The minimum absolute atomic E-state index is 0.181. The standard InChI is InChI=1S/C19H26FN3O2/c1-22-5-2-4-19(12-22)9-15(10-19)23-6-3-13-7-14(18(24)21-25)8-17(20)16(13)11-23/h7-8,15,25H,2-6,9-12H2,1H3,(H,21,24)/t15-,19-. The fourth-order valence-corrected chi connectivity index (χ4v) is 5.13. The summed E-state index contributed by atoms with van der Waals surface area (Å²) in [4.78, 5) is 16.4. The molecule has 2 heterocycles. The number of piperidine rings is 1. The molecule has 3 aliphatic rings. The zero-order valence-corrected chi connectivity index (χ0v) is 14.7. The summed E-state index contributed by atoms with van der Waals surface area (Å²) in [5.41, 5.74) is 3.84. The van der Waals surface area contributed by atoms with Crippen molar-refractivity contribution in [1.82, 2.24) is 15.3 Å². The molecule has 0 unspecified atom stereocenters. The zero-order valence-electron chi connectivity index (χ0n) is 14.7. The molecular formula is C19H26FN3O2. The smallest absolute Gasteiger partial charge is 0.274 e. The van der Waals surface area contributed by atoms with E-state index in [0.29, 0.717) is 23.6 Å². The van der Waals surface area contributed by atoms with Crippen molar-refractivity contribution in [2.75, 3.05) is 26.7 Å². The van der Waals surface area contributed by atoms with Crippen LogP contribution in [-0.2, 0) is 13.0 Å². The minimum Gasteiger partial charge on any atom is -0.306 e. The number of hydrogen-bond acceptors (Lipinski definition) is 4. The lowest BCUT2D eigenvalue weighted by Gasteiger charge is -2.56. The van der Waals surface area contributed by atoms with Crippen molar-refractivity contribution in [2.45, 2.75) is 44.7 Å². The number of rotatable bonds is 2. The molecule has 0 radical (unpaired) electrons. The summed E-state index contributed by atoms with van der Waals surface area (Å²) in [7, 11) is 2.21. The molecule has 25 heavy (non-hydrogen) atoms. The number of benzene rings is 1. The van der Waals surface area contributed by atoms with E-state index in [2.05, 4.69) is 16.8 Å². The van der Waals surface area contributed by atoms with Gasteiger partial charge < -0.3 is 4.90 Å². The van der Waals surface area contributed by atoms with Gasteiger partial charge in [0.05, 0.1) is 0 Å². The van der Waals surface area contributed by atoms with Crippen molar-refractivity contribution in [3.8, 4) is 0 Å². The second kappa shape index (κ2) is 6.34. The molecule has 1 spiro atoms. The van der Waals surface area contributed by atoms with Gasteiger partial charge in [-0.25, -0.2) is 9.87 Å². The summed E-state index contributed by atoms with van der Waals surface area (Å²) in [5.74, 6) is -1.00. The SMILES string of the molecule is CN1CCC[C@]2(C1)C[C@H](N1CCc3cc(C(=O)NO)cc(F)c3C1)C2.